The fraction of sp³-hybridized carbons (Fsp3) is 0.395. The molecule has 356 valence electrons. The molecule has 2 bridgehead atoms. The van der Waals surface area contributed by atoms with E-state index >= 15 is 0 Å². The molecule has 4 aliphatic rings. The van der Waals surface area contributed by atoms with Gasteiger partial charge in [-0.2, -0.15) is 31.4 Å². The molecule has 3 aliphatic heterocycles. The second-order valence-electron chi connectivity index (χ2n) is 15.5. The lowest BCUT2D eigenvalue weighted by atomic mass is 9.86. The molecule has 15 nitrogen and oxygen atoms in total. The van der Waals surface area contributed by atoms with Gasteiger partial charge in [0.2, 0.25) is 10.0 Å². The number of rotatable bonds is 17. The van der Waals surface area contributed by atoms with E-state index in [0.29, 0.717) is 17.0 Å². The second-order valence-corrected chi connectivity index (χ2v) is 18.0. The second kappa shape index (κ2) is 21.4. The first-order chi connectivity index (χ1) is 31.2. The molecule has 3 aromatic carbocycles. The molecular weight excluding hydrogens is 948 g/mol. The fourth-order valence-corrected chi connectivity index (χ4v) is 9.02. The summed E-state index contributed by atoms with van der Waals surface area (Å²) >= 11 is 12.8. The number of piperidine rings is 3. The number of benzene rings is 3. The van der Waals surface area contributed by atoms with Gasteiger partial charge in [0.15, 0.2) is 23.9 Å². The number of hydrogen-bond acceptors (Lipinski definition) is 12. The molecule has 0 radical (unpaired) electrons. The van der Waals surface area contributed by atoms with Crippen LogP contribution in [-0.2, 0) is 35.5 Å². The number of nitrogens with zero attached hydrogens (tertiary/aromatic N) is 2. The van der Waals surface area contributed by atoms with E-state index in [1.807, 2.05) is 0 Å². The predicted molar refractivity (Wildman–Crippen MR) is 224 cm³/mol. The van der Waals surface area contributed by atoms with E-state index in [0.717, 1.165) is 57.2 Å². The Bertz CT molecular complexity index is 2490. The SMILES string of the molecule is COc1cccc(C(NS(=O)(=O)c2cccc(C(=O)O[C@@H](Cc3c(Cl)c[n+]([O-])cc3Cl)c3ccc(OC(F)F)c(OCC4CC4)c3)c2)C(=O)O[C@H]2CN3CCC2CC3)c1.O=C(O)C(F)(F)F. The van der Waals surface area contributed by atoms with Gasteiger partial charge in [-0.1, -0.05) is 47.5 Å². The van der Waals surface area contributed by atoms with E-state index in [2.05, 4.69) is 14.4 Å². The summed E-state index contributed by atoms with van der Waals surface area (Å²) in [6, 6.07) is 14.0. The molecule has 0 spiro atoms. The highest BCUT2D eigenvalue weighted by atomic mass is 35.5. The summed E-state index contributed by atoms with van der Waals surface area (Å²) in [5, 5.41) is 19.1. The molecule has 66 heavy (non-hydrogen) atoms. The third-order valence-electron chi connectivity index (χ3n) is 10.8. The highest BCUT2D eigenvalue weighted by Gasteiger charge is 2.40. The van der Waals surface area contributed by atoms with E-state index in [-0.39, 0.29) is 73.6 Å². The minimum atomic E-state index is -5.08. The van der Waals surface area contributed by atoms with Gasteiger partial charge < -0.3 is 34.0 Å². The largest absolute Gasteiger partial charge is 0.619 e. The molecule has 3 saturated heterocycles. The number of aliphatic carboxylic acids is 1. The minimum Gasteiger partial charge on any atom is -0.619 e. The normalized spacial score (nSPS) is 18.9. The minimum absolute atomic E-state index is 0.0183. The molecule has 2 N–H and O–H groups in total. The molecule has 0 amide bonds. The van der Waals surface area contributed by atoms with Gasteiger partial charge in [0, 0.05) is 18.5 Å². The number of aromatic nitrogens is 1. The number of pyridine rings is 1. The number of carboxylic acid groups (broad SMARTS) is 1. The zero-order chi connectivity index (χ0) is 47.9. The average Bonchev–Trinajstić information content (AvgIpc) is 4.11. The van der Waals surface area contributed by atoms with Crippen LogP contribution in [0.2, 0.25) is 10.0 Å². The third-order valence-corrected chi connectivity index (χ3v) is 12.9. The average molecular weight is 991 g/mol. The highest BCUT2D eigenvalue weighted by Crippen LogP contribution is 2.39. The van der Waals surface area contributed by atoms with Gasteiger partial charge in [0.05, 0.1) is 24.2 Å². The first kappa shape index (κ1) is 49.9. The predicted octanol–water partition coefficient (Wildman–Crippen LogP) is 7.46. The number of carbonyl (C=O) groups excluding carboxylic acids is 2. The molecule has 4 aromatic rings. The first-order valence-electron chi connectivity index (χ1n) is 20.2. The van der Waals surface area contributed by atoms with Crippen LogP contribution in [0.4, 0.5) is 22.0 Å². The van der Waals surface area contributed by atoms with E-state index in [4.69, 9.17) is 52.1 Å². The van der Waals surface area contributed by atoms with E-state index in [1.54, 1.807) is 18.2 Å². The smallest absolute Gasteiger partial charge is 0.490 e. The number of nitrogens with one attached hydrogen (secondary N) is 1. The van der Waals surface area contributed by atoms with Crippen LogP contribution in [0.3, 0.4) is 0 Å². The molecule has 4 fully saturated rings. The van der Waals surface area contributed by atoms with Gasteiger partial charge in [-0.3, -0.25) is 4.90 Å². The van der Waals surface area contributed by atoms with Crippen LogP contribution in [0.25, 0.3) is 0 Å². The van der Waals surface area contributed by atoms with E-state index < -0.39 is 59.0 Å². The molecule has 23 heteroatoms. The van der Waals surface area contributed by atoms with Crippen molar-refractivity contribution in [3.05, 3.63) is 117 Å². The van der Waals surface area contributed by atoms with Crippen LogP contribution in [0.15, 0.2) is 84.0 Å². The van der Waals surface area contributed by atoms with Gasteiger partial charge in [0.25, 0.3) is 0 Å². The molecule has 1 unspecified atom stereocenters. The summed E-state index contributed by atoms with van der Waals surface area (Å²) < 4.78 is 117. The Morgan fingerprint density at radius 2 is 1.61 bits per heavy atom. The Labute approximate surface area is 384 Å². The summed E-state index contributed by atoms with van der Waals surface area (Å²) in [7, 11) is -3.07. The van der Waals surface area contributed by atoms with Crippen LogP contribution < -0.4 is 23.7 Å². The van der Waals surface area contributed by atoms with E-state index in [9.17, 15) is 45.2 Å². The van der Waals surface area contributed by atoms with Gasteiger partial charge >= 0.3 is 30.7 Å². The maximum atomic E-state index is 14.1. The summed E-state index contributed by atoms with van der Waals surface area (Å²) in [5.74, 6) is -3.96. The first-order valence-corrected chi connectivity index (χ1v) is 22.4. The van der Waals surface area contributed by atoms with Crippen molar-refractivity contribution in [2.45, 2.75) is 68.0 Å². The van der Waals surface area contributed by atoms with Gasteiger partial charge in [-0.05, 0) is 104 Å². The number of ether oxygens (including phenoxy) is 5. The van der Waals surface area contributed by atoms with Crippen molar-refractivity contribution in [1.82, 2.24) is 9.62 Å². The number of alkyl halides is 5. The molecular formula is C43H42Cl2F5N3O12S. The highest BCUT2D eigenvalue weighted by molar-refractivity contribution is 7.89. The van der Waals surface area contributed by atoms with Crippen molar-refractivity contribution in [3.8, 4) is 17.2 Å². The molecule has 1 aliphatic carbocycles. The Morgan fingerprint density at radius 1 is 0.939 bits per heavy atom. The summed E-state index contributed by atoms with van der Waals surface area (Å²) in [6.45, 7) is -0.505. The number of esters is 2. The summed E-state index contributed by atoms with van der Waals surface area (Å²) in [4.78, 5) is 38.5. The maximum Gasteiger partial charge on any atom is 0.490 e. The van der Waals surface area contributed by atoms with Gasteiger partial charge in [-0.25, -0.2) is 22.8 Å². The zero-order valence-corrected chi connectivity index (χ0v) is 37.0. The Balaban J connectivity index is 0.000000952. The van der Waals surface area contributed by atoms with Gasteiger partial charge in [-0.15, -0.1) is 0 Å². The number of carbonyl (C=O) groups is 3. The Morgan fingerprint density at radius 3 is 2.20 bits per heavy atom. The van der Waals surface area contributed by atoms with Crippen LogP contribution in [0, 0.1) is 17.0 Å². The lowest BCUT2D eigenvalue weighted by Crippen LogP contribution is -2.52. The third kappa shape index (κ3) is 13.3. The zero-order valence-electron chi connectivity index (χ0n) is 34.7. The molecule has 3 atom stereocenters. The molecule has 4 heterocycles. The lowest BCUT2D eigenvalue weighted by molar-refractivity contribution is -0.605. The van der Waals surface area contributed by atoms with Crippen LogP contribution in [0.1, 0.15) is 64.9 Å². The molecule has 1 aromatic heterocycles. The number of halogens is 7. The number of sulfonamides is 1. The number of carboxylic acids is 1. The number of hydrogen-bond donors (Lipinski definition) is 2. The monoisotopic (exact) mass is 989 g/mol. The van der Waals surface area contributed by atoms with Crippen molar-refractivity contribution in [3.63, 3.8) is 0 Å². The van der Waals surface area contributed by atoms with E-state index in [1.165, 1.54) is 49.6 Å². The Hall–Kier alpha value is -5.48. The van der Waals surface area contributed by atoms with Crippen molar-refractivity contribution >= 4 is 51.1 Å². The van der Waals surface area contributed by atoms with Crippen molar-refractivity contribution < 1.29 is 78.3 Å². The Kier molecular flexibility index (Phi) is 16.2. The molecule has 8 rings (SSSR count). The standard InChI is InChI=1S/C41H41Cl2F2N3O10S.C2HF3O2/c1-54-29-6-2-4-27(16-29)38(40(50)57-37-22-47-14-12-25(37)13-15-47)46-59(52,53)30-7-3-5-28(17-30)39(49)56-35(19-31-32(42)20-48(51)21-33(31)43)26-10-11-34(58-41(44)45)36(18-26)55-23-24-8-9-24;3-2(4,5)1(6)7/h2-7,10-11,16-18,20-21,24-25,35,37-38,41,46H,8-9,12-15,19,22-23H2,1H3;(H,6,7)/t35-,37-,38?;/m0./s1. The van der Waals surface area contributed by atoms with Gasteiger partial charge in [0.1, 0.15) is 34.0 Å². The van der Waals surface area contributed by atoms with Crippen molar-refractivity contribution in [2.24, 2.45) is 11.8 Å². The topological polar surface area (TPSA) is 194 Å². The number of methoxy groups -OCH3 is 1. The summed E-state index contributed by atoms with van der Waals surface area (Å²) in [5.41, 5.74) is 0.602. The van der Waals surface area contributed by atoms with Crippen molar-refractivity contribution in [1.29, 1.82) is 0 Å². The summed E-state index contributed by atoms with van der Waals surface area (Å²) in [6.07, 6.45) is -1.17. The lowest BCUT2D eigenvalue weighted by Gasteiger charge is -2.44. The fourth-order valence-electron chi connectivity index (χ4n) is 7.21. The van der Waals surface area contributed by atoms with Crippen LogP contribution >= 0.6 is 23.2 Å². The van der Waals surface area contributed by atoms with Crippen LogP contribution in [0.5, 0.6) is 17.2 Å². The van der Waals surface area contributed by atoms with Crippen LogP contribution in [-0.4, -0.2) is 88.6 Å². The molecule has 1 saturated carbocycles. The number of fused-ring (bicyclic) bond motifs is 3. The quantitative estimate of drug-likeness (QED) is 0.0459. The van der Waals surface area contributed by atoms with Crippen molar-refractivity contribution in [2.75, 3.05) is 33.4 Å². The maximum absolute atomic E-state index is 14.1.